The van der Waals surface area contributed by atoms with Gasteiger partial charge in [0.2, 0.25) is 0 Å². The Kier molecular flexibility index (Phi) is 6.04. The summed E-state index contributed by atoms with van der Waals surface area (Å²) in [6, 6.07) is 12.2. The molecule has 1 aliphatic rings. The molecule has 0 amide bonds. The Morgan fingerprint density at radius 2 is 1.92 bits per heavy atom. The highest BCUT2D eigenvalue weighted by Gasteiger charge is 2.12. The molecule has 0 bridgehead atoms. The molecule has 5 heteroatoms. The highest BCUT2D eigenvalue weighted by molar-refractivity contribution is 5.40. The first-order valence-corrected chi connectivity index (χ1v) is 8.59. The zero-order valence-corrected chi connectivity index (χ0v) is 13.9. The van der Waals surface area contributed by atoms with Crippen molar-refractivity contribution in [2.75, 3.05) is 31.2 Å². The molecule has 0 spiro atoms. The van der Waals surface area contributed by atoms with Gasteiger partial charge in [-0.1, -0.05) is 24.3 Å². The molecule has 5 nitrogen and oxygen atoms in total. The van der Waals surface area contributed by atoms with Crippen LogP contribution in [-0.2, 0) is 13.1 Å². The molecule has 0 atom stereocenters. The molecule has 1 aromatic heterocycles. The van der Waals surface area contributed by atoms with E-state index in [-0.39, 0.29) is 6.61 Å². The van der Waals surface area contributed by atoms with Crippen LogP contribution in [-0.4, -0.2) is 36.4 Å². The molecule has 1 aliphatic heterocycles. The molecule has 1 fully saturated rings. The van der Waals surface area contributed by atoms with Crippen molar-refractivity contribution in [2.45, 2.75) is 25.9 Å². The third-order valence-corrected chi connectivity index (χ3v) is 4.21. The van der Waals surface area contributed by atoms with Crippen LogP contribution in [0, 0.1) is 0 Å². The van der Waals surface area contributed by atoms with E-state index in [1.54, 1.807) is 0 Å². The quantitative estimate of drug-likeness (QED) is 0.779. The Morgan fingerprint density at radius 1 is 1.08 bits per heavy atom. The number of aliphatic hydroxyl groups excluding tert-OH is 1. The Balaban J connectivity index is 1.51. The van der Waals surface area contributed by atoms with Crippen LogP contribution in [0.25, 0.3) is 0 Å². The number of benzene rings is 1. The average molecular weight is 327 g/mol. The van der Waals surface area contributed by atoms with Crippen molar-refractivity contribution in [3.05, 3.63) is 53.7 Å². The lowest BCUT2D eigenvalue weighted by Crippen LogP contribution is -2.19. The minimum absolute atomic E-state index is 0.0246. The molecule has 2 heterocycles. The van der Waals surface area contributed by atoms with Crippen molar-refractivity contribution in [1.82, 2.24) is 10.3 Å². The number of pyridine rings is 1. The van der Waals surface area contributed by atoms with Gasteiger partial charge in [0, 0.05) is 37.9 Å². The number of hydrogen-bond acceptors (Lipinski definition) is 5. The fourth-order valence-electron chi connectivity index (χ4n) is 2.94. The number of aliphatic hydroxyl groups is 1. The van der Waals surface area contributed by atoms with Gasteiger partial charge in [-0.15, -0.1) is 0 Å². The molecule has 0 aliphatic carbocycles. The van der Waals surface area contributed by atoms with Crippen LogP contribution in [0.1, 0.15) is 24.0 Å². The molecule has 1 aromatic carbocycles. The van der Waals surface area contributed by atoms with Gasteiger partial charge in [0.1, 0.15) is 18.2 Å². The van der Waals surface area contributed by atoms with E-state index >= 15 is 0 Å². The van der Waals surface area contributed by atoms with E-state index in [1.807, 2.05) is 30.5 Å². The molecule has 0 radical (unpaired) electrons. The maximum Gasteiger partial charge on any atom is 0.128 e. The number of nitrogens with zero attached hydrogens (tertiary/aromatic N) is 2. The third kappa shape index (κ3) is 4.46. The highest BCUT2D eigenvalue weighted by Crippen LogP contribution is 2.19. The predicted octanol–water partition coefficient (Wildman–Crippen LogP) is 2.34. The largest absolute Gasteiger partial charge is 0.491 e. The van der Waals surface area contributed by atoms with Crippen LogP contribution in [0.15, 0.2) is 42.6 Å². The fourth-order valence-corrected chi connectivity index (χ4v) is 2.94. The van der Waals surface area contributed by atoms with E-state index in [0.717, 1.165) is 43.3 Å². The first-order valence-electron chi connectivity index (χ1n) is 8.59. The minimum Gasteiger partial charge on any atom is -0.491 e. The molecule has 2 aromatic rings. The van der Waals surface area contributed by atoms with Gasteiger partial charge in [0.25, 0.3) is 0 Å². The van der Waals surface area contributed by atoms with E-state index in [0.29, 0.717) is 6.61 Å². The first kappa shape index (κ1) is 16.7. The molecule has 3 rings (SSSR count). The van der Waals surface area contributed by atoms with Crippen LogP contribution >= 0.6 is 0 Å². The van der Waals surface area contributed by atoms with Gasteiger partial charge in [-0.2, -0.15) is 0 Å². The topological polar surface area (TPSA) is 57.6 Å². The van der Waals surface area contributed by atoms with Crippen molar-refractivity contribution in [3.63, 3.8) is 0 Å². The highest BCUT2D eigenvalue weighted by atomic mass is 16.5. The maximum atomic E-state index is 8.89. The Hall–Kier alpha value is -2.11. The van der Waals surface area contributed by atoms with Crippen molar-refractivity contribution in [1.29, 1.82) is 0 Å². The average Bonchev–Trinajstić information content (AvgIpc) is 3.16. The number of nitrogens with one attached hydrogen (secondary N) is 1. The smallest absolute Gasteiger partial charge is 0.128 e. The Labute approximate surface area is 143 Å². The van der Waals surface area contributed by atoms with Crippen molar-refractivity contribution >= 4 is 5.82 Å². The van der Waals surface area contributed by atoms with E-state index in [2.05, 4.69) is 27.3 Å². The lowest BCUT2D eigenvalue weighted by atomic mass is 10.2. The van der Waals surface area contributed by atoms with Crippen LogP contribution in [0.4, 0.5) is 5.82 Å². The van der Waals surface area contributed by atoms with Crippen molar-refractivity contribution in [2.24, 2.45) is 0 Å². The summed E-state index contributed by atoms with van der Waals surface area (Å²) in [7, 11) is 0. The minimum atomic E-state index is 0.0246. The summed E-state index contributed by atoms with van der Waals surface area (Å²) in [5.41, 5.74) is 2.26. The summed E-state index contributed by atoms with van der Waals surface area (Å²) >= 11 is 0. The SMILES string of the molecule is OCCOc1ccccc1CNCc1ccc(N2CCCC2)nc1. The van der Waals surface area contributed by atoms with Crippen LogP contribution in [0.3, 0.4) is 0 Å². The van der Waals surface area contributed by atoms with Gasteiger partial charge in [-0.05, 0) is 30.5 Å². The molecule has 0 saturated carbocycles. The second-order valence-corrected chi connectivity index (χ2v) is 6.00. The number of para-hydroxylation sites is 1. The standard InChI is InChI=1S/C19H25N3O2/c23-11-12-24-18-6-2-1-5-17(18)15-20-13-16-7-8-19(21-14-16)22-9-3-4-10-22/h1-2,5-8,14,20,23H,3-4,9-13,15H2. The summed E-state index contributed by atoms with van der Waals surface area (Å²) in [5, 5.41) is 12.3. The molecule has 24 heavy (non-hydrogen) atoms. The van der Waals surface area contributed by atoms with E-state index < -0.39 is 0 Å². The summed E-state index contributed by atoms with van der Waals surface area (Å²) in [6.45, 7) is 4.07. The van der Waals surface area contributed by atoms with Gasteiger partial charge in [0.05, 0.1) is 6.61 Å². The number of ether oxygens (including phenoxy) is 1. The lowest BCUT2D eigenvalue weighted by molar-refractivity contribution is 0.200. The Bertz CT molecular complexity index is 625. The van der Waals surface area contributed by atoms with E-state index in [4.69, 9.17) is 9.84 Å². The molecular weight excluding hydrogens is 302 g/mol. The van der Waals surface area contributed by atoms with Crippen molar-refractivity contribution < 1.29 is 9.84 Å². The zero-order valence-electron chi connectivity index (χ0n) is 13.9. The summed E-state index contributed by atoms with van der Waals surface area (Å²) in [5.74, 6) is 1.90. The van der Waals surface area contributed by atoms with Gasteiger partial charge in [-0.3, -0.25) is 0 Å². The molecule has 0 unspecified atom stereocenters. The fraction of sp³-hybridized carbons (Fsp3) is 0.421. The van der Waals surface area contributed by atoms with Gasteiger partial charge in [0.15, 0.2) is 0 Å². The zero-order chi connectivity index (χ0) is 16.6. The predicted molar refractivity (Wildman–Crippen MR) is 95.3 cm³/mol. The number of anilines is 1. The summed E-state index contributed by atoms with van der Waals surface area (Å²) in [4.78, 5) is 6.92. The molecule has 128 valence electrons. The summed E-state index contributed by atoms with van der Waals surface area (Å²) in [6.07, 6.45) is 4.49. The lowest BCUT2D eigenvalue weighted by Gasteiger charge is -2.16. The van der Waals surface area contributed by atoms with Gasteiger partial charge >= 0.3 is 0 Å². The monoisotopic (exact) mass is 327 g/mol. The van der Waals surface area contributed by atoms with Gasteiger partial charge in [-0.25, -0.2) is 4.98 Å². The number of aromatic nitrogens is 1. The first-order chi connectivity index (χ1) is 11.9. The van der Waals surface area contributed by atoms with Crippen LogP contribution < -0.4 is 15.0 Å². The van der Waals surface area contributed by atoms with E-state index in [9.17, 15) is 0 Å². The molecule has 2 N–H and O–H groups in total. The van der Waals surface area contributed by atoms with Crippen molar-refractivity contribution in [3.8, 4) is 5.75 Å². The second kappa shape index (κ2) is 8.66. The maximum absolute atomic E-state index is 8.89. The normalized spacial score (nSPS) is 14.1. The Morgan fingerprint density at radius 3 is 2.67 bits per heavy atom. The third-order valence-electron chi connectivity index (χ3n) is 4.21. The van der Waals surface area contributed by atoms with Crippen LogP contribution in [0.5, 0.6) is 5.75 Å². The number of rotatable bonds is 8. The second-order valence-electron chi connectivity index (χ2n) is 6.00. The van der Waals surface area contributed by atoms with Gasteiger partial charge < -0.3 is 20.1 Å². The van der Waals surface area contributed by atoms with Crippen LogP contribution in [0.2, 0.25) is 0 Å². The summed E-state index contributed by atoms with van der Waals surface area (Å²) < 4.78 is 5.55. The number of hydrogen-bond donors (Lipinski definition) is 2. The molecule has 1 saturated heterocycles. The van der Waals surface area contributed by atoms with E-state index in [1.165, 1.54) is 18.4 Å². The molecular formula is C19H25N3O2.